The smallest absolute Gasteiger partial charge is 0.414 e. The van der Waals surface area contributed by atoms with E-state index < -0.39 is 0 Å². The molecule has 0 unspecified atom stereocenters. The summed E-state index contributed by atoms with van der Waals surface area (Å²) in [5, 5.41) is 8.56. The van der Waals surface area contributed by atoms with E-state index in [1.165, 1.54) is 11.1 Å². The van der Waals surface area contributed by atoms with E-state index in [1.54, 1.807) is 4.90 Å². The van der Waals surface area contributed by atoms with Crippen molar-refractivity contribution < 1.29 is 9.53 Å². The van der Waals surface area contributed by atoms with Crippen LogP contribution in [0.1, 0.15) is 0 Å². The van der Waals surface area contributed by atoms with Gasteiger partial charge < -0.3 is 4.74 Å². The maximum Gasteiger partial charge on any atom is 0.414 e. The van der Waals surface area contributed by atoms with Gasteiger partial charge >= 0.3 is 6.09 Å². The third-order valence-corrected chi connectivity index (χ3v) is 4.88. The van der Waals surface area contributed by atoms with Crippen molar-refractivity contribution in [1.82, 2.24) is 10.2 Å². The number of carbonyl (C=O) groups excluding carboxylic acids is 1. The first kappa shape index (κ1) is 15.6. The second-order valence-electron chi connectivity index (χ2n) is 6.51. The molecule has 132 valence electrons. The molecule has 0 bridgehead atoms. The molecule has 0 radical (unpaired) electrons. The summed E-state index contributed by atoms with van der Waals surface area (Å²) in [7, 11) is 0. The van der Waals surface area contributed by atoms with Crippen LogP contribution >= 0.6 is 0 Å². The van der Waals surface area contributed by atoms with Gasteiger partial charge in [-0.3, -0.25) is 10.00 Å². The lowest BCUT2D eigenvalue weighted by Crippen LogP contribution is -2.23. The third kappa shape index (κ3) is 2.73. The van der Waals surface area contributed by atoms with Gasteiger partial charge in [0.15, 0.2) is 0 Å². The summed E-state index contributed by atoms with van der Waals surface area (Å²) in [6, 6.07) is 24.5. The fraction of sp³-hybridized carbons (Fsp3) is 0.0909. The van der Waals surface area contributed by atoms with Gasteiger partial charge in [0.1, 0.15) is 6.61 Å². The standard InChI is InChI=1S/C22H17N3O2/c26-22-25(12-13-27-22)18-10-11-20-19(14-18)21(24-23-20)17-8-6-16(7-9-17)15-4-2-1-3-5-15/h1-11,14H,12-13H2,(H,23,24). The normalized spacial score (nSPS) is 13.9. The van der Waals surface area contributed by atoms with Gasteiger partial charge in [0.2, 0.25) is 0 Å². The molecule has 1 fully saturated rings. The van der Waals surface area contributed by atoms with Gasteiger partial charge in [0, 0.05) is 16.6 Å². The molecule has 2 heterocycles. The zero-order valence-corrected chi connectivity index (χ0v) is 14.6. The fourth-order valence-corrected chi connectivity index (χ4v) is 3.47. The molecule has 1 N–H and O–H groups in total. The quantitative estimate of drug-likeness (QED) is 0.571. The summed E-state index contributed by atoms with van der Waals surface area (Å²) in [5.41, 5.74) is 6.02. The molecule has 0 spiro atoms. The maximum atomic E-state index is 11.9. The highest BCUT2D eigenvalue weighted by atomic mass is 16.6. The van der Waals surface area contributed by atoms with Gasteiger partial charge in [-0.05, 0) is 29.3 Å². The maximum absolute atomic E-state index is 11.9. The molecule has 0 atom stereocenters. The number of anilines is 1. The number of amides is 1. The van der Waals surface area contributed by atoms with Crippen molar-refractivity contribution in [2.45, 2.75) is 0 Å². The van der Waals surface area contributed by atoms with Crippen LogP contribution in [-0.2, 0) is 4.74 Å². The Morgan fingerprint density at radius 3 is 2.37 bits per heavy atom. The number of nitrogens with one attached hydrogen (secondary N) is 1. The fourth-order valence-electron chi connectivity index (χ4n) is 3.47. The van der Waals surface area contributed by atoms with E-state index in [1.807, 2.05) is 36.4 Å². The van der Waals surface area contributed by atoms with E-state index in [2.05, 4.69) is 46.6 Å². The lowest BCUT2D eigenvalue weighted by Gasteiger charge is -2.12. The number of rotatable bonds is 3. The number of cyclic esters (lactones) is 1. The molecular weight excluding hydrogens is 338 g/mol. The summed E-state index contributed by atoms with van der Waals surface area (Å²) in [5.74, 6) is 0. The van der Waals surface area contributed by atoms with Crippen LogP contribution in [0.15, 0.2) is 72.8 Å². The number of aromatic nitrogens is 2. The van der Waals surface area contributed by atoms with E-state index in [0.717, 1.165) is 27.8 Å². The second kappa shape index (κ2) is 6.29. The van der Waals surface area contributed by atoms with Crippen molar-refractivity contribution in [2.75, 3.05) is 18.1 Å². The number of ether oxygens (including phenoxy) is 1. The highest BCUT2D eigenvalue weighted by molar-refractivity contribution is 5.98. The minimum absolute atomic E-state index is 0.299. The van der Waals surface area contributed by atoms with E-state index in [9.17, 15) is 4.79 Å². The van der Waals surface area contributed by atoms with Crippen LogP contribution in [0.2, 0.25) is 0 Å². The van der Waals surface area contributed by atoms with E-state index in [-0.39, 0.29) is 6.09 Å². The van der Waals surface area contributed by atoms with Crippen LogP contribution < -0.4 is 4.90 Å². The average Bonchev–Trinajstić information content (AvgIpc) is 3.34. The number of hydrogen-bond acceptors (Lipinski definition) is 3. The Morgan fingerprint density at radius 2 is 1.63 bits per heavy atom. The summed E-state index contributed by atoms with van der Waals surface area (Å²) in [4.78, 5) is 13.5. The van der Waals surface area contributed by atoms with Gasteiger partial charge in [-0.15, -0.1) is 0 Å². The van der Waals surface area contributed by atoms with Crippen LogP contribution in [0.3, 0.4) is 0 Å². The molecule has 4 aromatic rings. The van der Waals surface area contributed by atoms with Gasteiger partial charge in [-0.25, -0.2) is 4.79 Å². The molecule has 1 amide bonds. The van der Waals surface area contributed by atoms with Crippen molar-refractivity contribution in [3.05, 3.63) is 72.8 Å². The molecule has 27 heavy (non-hydrogen) atoms. The molecule has 0 aliphatic carbocycles. The molecule has 5 rings (SSSR count). The first-order valence-corrected chi connectivity index (χ1v) is 8.88. The SMILES string of the molecule is O=C1OCCN1c1ccc2[nH]nc(-c3ccc(-c4ccccc4)cc3)c2c1. The molecule has 5 nitrogen and oxygen atoms in total. The monoisotopic (exact) mass is 355 g/mol. The Labute approximate surface area is 156 Å². The van der Waals surface area contributed by atoms with Crippen molar-refractivity contribution in [3.63, 3.8) is 0 Å². The molecule has 5 heteroatoms. The molecule has 1 saturated heterocycles. The summed E-state index contributed by atoms with van der Waals surface area (Å²) >= 11 is 0. The molecule has 0 saturated carbocycles. The van der Waals surface area contributed by atoms with Crippen molar-refractivity contribution in [3.8, 4) is 22.4 Å². The molecular formula is C22H17N3O2. The number of nitrogens with zero attached hydrogens (tertiary/aromatic N) is 2. The molecule has 1 aliphatic rings. The van der Waals surface area contributed by atoms with Crippen molar-refractivity contribution in [1.29, 1.82) is 0 Å². The Hall–Kier alpha value is -3.60. The predicted molar refractivity (Wildman–Crippen MR) is 106 cm³/mol. The highest BCUT2D eigenvalue weighted by Gasteiger charge is 2.24. The van der Waals surface area contributed by atoms with Gasteiger partial charge in [-0.2, -0.15) is 5.10 Å². The number of aromatic amines is 1. The molecule has 3 aromatic carbocycles. The summed E-state index contributed by atoms with van der Waals surface area (Å²) in [6.45, 7) is 0.999. The first-order chi connectivity index (χ1) is 13.3. The van der Waals surface area contributed by atoms with Crippen LogP contribution in [0.4, 0.5) is 10.5 Å². The Kier molecular flexibility index (Phi) is 3.64. The largest absolute Gasteiger partial charge is 0.447 e. The van der Waals surface area contributed by atoms with Crippen LogP contribution in [0, 0.1) is 0 Å². The summed E-state index contributed by atoms with van der Waals surface area (Å²) in [6.07, 6.45) is -0.299. The highest BCUT2D eigenvalue weighted by Crippen LogP contribution is 2.31. The zero-order valence-electron chi connectivity index (χ0n) is 14.6. The minimum atomic E-state index is -0.299. The Balaban J connectivity index is 1.54. The van der Waals surface area contributed by atoms with Gasteiger partial charge in [-0.1, -0.05) is 54.6 Å². The topological polar surface area (TPSA) is 58.2 Å². The number of fused-ring (bicyclic) bond motifs is 1. The van der Waals surface area contributed by atoms with Crippen molar-refractivity contribution in [2.24, 2.45) is 0 Å². The number of H-pyrrole nitrogens is 1. The molecule has 1 aromatic heterocycles. The Morgan fingerprint density at radius 1 is 0.889 bits per heavy atom. The molecule has 1 aliphatic heterocycles. The minimum Gasteiger partial charge on any atom is -0.447 e. The number of hydrogen-bond donors (Lipinski definition) is 1. The van der Waals surface area contributed by atoms with Gasteiger partial charge in [0.25, 0.3) is 0 Å². The van der Waals surface area contributed by atoms with E-state index >= 15 is 0 Å². The Bertz CT molecular complexity index is 1120. The first-order valence-electron chi connectivity index (χ1n) is 8.88. The average molecular weight is 355 g/mol. The third-order valence-electron chi connectivity index (χ3n) is 4.88. The van der Waals surface area contributed by atoms with Crippen LogP contribution in [-0.4, -0.2) is 29.4 Å². The predicted octanol–water partition coefficient (Wildman–Crippen LogP) is 4.85. The van der Waals surface area contributed by atoms with E-state index in [0.29, 0.717) is 13.2 Å². The zero-order chi connectivity index (χ0) is 18.2. The van der Waals surface area contributed by atoms with Crippen molar-refractivity contribution >= 4 is 22.7 Å². The van der Waals surface area contributed by atoms with Gasteiger partial charge in [0.05, 0.1) is 17.8 Å². The number of benzene rings is 3. The lowest BCUT2D eigenvalue weighted by atomic mass is 10.0. The number of carbonyl (C=O) groups is 1. The van der Waals surface area contributed by atoms with Crippen LogP contribution in [0.5, 0.6) is 0 Å². The van der Waals surface area contributed by atoms with Crippen LogP contribution in [0.25, 0.3) is 33.3 Å². The second-order valence-corrected chi connectivity index (χ2v) is 6.51. The lowest BCUT2D eigenvalue weighted by molar-refractivity contribution is 0.181. The van der Waals surface area contributed by atoms with E-state index in [4.69, 9.17) is 4.74 Å². The summed E-state index contributed by atoms with van der Waals surface area (Å²) < 4.78 is 5.05.